The number of rotatable bonds is 7. The van der Waals surface area contributed by atoms with Crippen LogP contribution in [-0.4, -0.2) is 39.1 Å². The topological polar surface area (TPSA) is 93.3 Å². The molecule has 3 N–H and O–H groups in total. The van der Waals surface area contributed by atoms with Gasteiger partial charge >= 0.3 is 0 Å². The van der Waals surface area contributed by atoms with Crippen LogP contribution in [0.15, 0.2) is 78.3 Å². The van der Waals surface area contributed by atoms with Gasteiger partial charge in [0.05, 0.1) is 22.2 Å². The third-order valence-electron chi connectivity index (χ3n) is 6.00. The van der Waals surface area contributed by atoms with Crippen molar-refractivity contribution in [1.29, 1.82) is 0 Å². The number of amides is 2. The van der Waals surface area contributed by atoms with E-state index in [0.29, 0.717) is 23.5 Å². The van der Waals surface area contributed by atoms with Crippen molar-refractivity contribution in [3.63, 3.8) is 0 Å². The average molecular weight is 472 g/mol. The highest BCUT2D eigenvalue weighted by atomic mass is 32.1. The molecule has 3 heterocycles. The SMILES string of the molecule is NC(=O)C1CCCN1Cc1cccc(NC(=O)c2cn(-c3ccccc3)nc2-c2cccs2)c1. The third-order valence-corrected chi connectivity index (χ3v) is 6.87. The van der Waals surface area contributed by atoms with Crippen molar-refractivity contribution in [3.8, 4) is 16.3 Å². The van der Waals surface area contributed by atoms with Crippen molar-refractivity contribution in [1.82, 2.24) is 14.7 Å². The summed E-state index contributed by atoms with van der Waals surface area (Å²) < 4.78 is 1.73. The number of nitrogens with two attached hydrogens (primary N) is 1. The number of aromatic nitrogens is 2. The van der Waals surface area contributed by atoms with E-state index in [1.807, 2.05) is 72.1 Å². The maximum Gasteiger partial charge on any atom is 0.259 e. The number of nitrogens with zero attached hydrogens (tertiary/aromatic N) is 3. The molecule has 0 spiro atoms. The van der Waals surface area contributed by atoms with E-state index in [0.717, 1.165) is 35.5 Å². The number of hydrogen-bond donors (Lipinski definition) is 2. The van der Waals surface area contributed by atoms with Crippen LogP contribution in [0.5, 0.6) is 0 Å². The molecule has 2 amide bonds. The smallest absolute Gasteiger partial charge is 0.259 e. The Bertz CT molecular complexity index is 1300. The van der Waals surface area contributed by atoms with Crippen molar-refractivity contribution in [3.05, 3.63) is 89.4 Å². The number of primary amides is 1. The second-order valence-electron chi connectivity index (χ2n) is 8.33. The Morgan fingerprint density at radius 2 is 1.94 bits per heavy atom. The number of carbonyl (C=O) groups excluding carboxylic acids is 2. The van der Waals surface area contributed by atoms with Crippen molar-refractivity contribution >= 4 is 28.8 Å². The van der Waals surface area contributed by atoms with Gasteiger partial charge in [-0.15, -0.1) is 11.3 Å². The Kier molecular flexibility index (Phi) is 6.24. The van der Waals surface area contributed by atoms with Crippen LogP contribution in [0.1, 0.15) is 28.8 Å². The predicted octanol–water partition coefficient (Wildman–Crippen LogP) is 4.30. The van der Waals surface area contributed by atoms with Gasteiger partial charge in [0.25, 0.3) is 5.91 Å². The second-order valence-corrected chi connectivity index (χ2v) is 9.28. The molecular weight excluding hydrogens is 446 g/mol. The monoisotopic (exact) mass is 471 g/mol. The Hall–Kier alpha value is -3.75. The van der Waals surface area contributed by atoms with E-state index in [-0.39, 0.29) is 17.9 Å². The summed E-state index contributed by atoms with van der Waals surface area (Å²) in [6.07, 6.45) is 3.52. The van der Waals surface area contributed by atoms with Gasteiger partial charge in [-0.2, -0.15) is 5.10 Å². The molecule has 0 radical (unpaired) electrons. The molecule has 0 bridgehead atoms. The van der Waals surface area contributed by atoms with Gasteiger partial charge in [-0.3, -0.25) is 14.5 Å². The van der Waals surface area contributed by atoms with Crippen molar-refractivity contribution in [2.75, 3.05) is 11.9 Å². The summed E-state index contributed by atoms with van der Waals surface area (Å²) in [5.74, 6) is -0.502. The molecule has 2 aromatic carbocycles. The van der Waals surface area contributed by atoms with Gasteiger partial charge in [-0.05, 0) is 60.7 Å². The summed E-state index contributed by atoms with van der Waals surface area (Å²) in [7, 11) is 0. The van der Waals surface area contributed by atoms with Crippen LogP contribution in [0.25, 0.3) is 16.3 Å². The molecule has 172 valence electrons. The molecule has 2 aromatic heterocycles. The first-order valence-corrected chi connectivity index (χ1v) is 12.1. The number of hydrogen-bond acceptors (Lipinski definition) is 5. The second kappa shape index (κ2) is 9.62. The molecule has 0 saturated carbocycles. The molecular formula is C26H25N5O2S. The molecule has 0 aliphatic carbocycles. The van der Waals surface area contributed by atoms with Gasteiger partial charge in [0.2, 0.25) is 5.91 Å². The van der Waals surface area contributed by atoms with Crippen LogP contribution in [0, 0.1) is 0 Å². The number of benzene rings is 2. The first kappa shape index (κ1) is 22.1. The highest BCUT2D eigenvalue weighted by molar-refractivity contribution is 7.13. The van der Waals surface area contributed by atoms with Gasteiger partial charge in [0, 0.05) is 18.4 Å². The number of thiophene rings is 1. The highest BCUT2D eigenvalue weighted by Crippen LogP contribution is 2.29. The molecule has 1 saturated heterocycles. The lowest BCUT2D eigenvalue weighted by molar-refractivity contribution is -0.122. The van der Waals surface area contributed by atoms with Crippen molar-refractivity contribution < 1.29 is 9.59 Å². The highest BCUT2D eigenvalue weighted by Gasteiger charge is 2.28. The Morgan fingerprint density at radius 1 is 1.09 bits per heavy atom. The Balaban J connectivity index is 1.39. The van der Waals surface area contributed by atoms with E-state index < -0.39 is 0 Å². The zero-order valence-corrected chi connectivity index (χ0v) is 19.4. The van der Waals surface area contributed by atoms with Crippen LogP contribution < -0.4 is 11.1 Å². The number of para-hydroxylation sites is 1. The lowest BCUT2D eigenvalue weighted by atomic mass is 10.1. The molecule has 1 unspecified atom stereocenters. The van der Waals surface area contributed by atoms with E-state index in [1.165, 1.54) is 0 Å². The van der Waals surface area contributed by atoms with Crippen LogP contribution in [0.2, 0.25) is 0 Å². The maximum atomic E-state index is 13.3. The fraction of sp³-hybridized carbons (Fsp3) is 0.192. The molecule has 5 rings (SSSR count). The minimum atomic E-state index is -0.279. The van der Waals surface area contributed by atoms with E-state index in [1.54, 1.807) is 22.2 Å². The fourth-order valence-electron chi connectivity index (χ4n) is 4.37. The number of carbonyl (C=O) groups is 2. The summed E-state index contributed by atoms with van der Waals surface area (Å²) in [6, 6.07) is 21.1. The molecule has 1 aliphatic heterocycles. The Labute approximate surface area is 201 Å². The average Bonchev–Trinajstić information content (AvgIpc) is 3.60. The fourth-order valence-corrected chi connectivity index (χ4v) is 5.09. The lowest BCUT2D eigenvalue weighted by Crippen LogP contribution is -2.39. The molecule has 4 aromatic rings. The standard InChI is InChI=1S/C26H25N5O2S/c27-25(32)22-11-5-13-30(22)16-18-7-4-8-19(15-18)28-26(33)21-17-31(20-9-2-1-3-10-20)29-24(21)23-12-6-14-34-23/h1-4,6-10,12,14-15,17,22H,5,11,13,16H2,(H2,27,32)(H,28,33). The largest absolute Gasteiger partial charge is 0.368 e. The minimum Gasteiger partial charge on any atom is -0.368 e. The maximum absolute atomic E-state index is 13.3. The number of nitrogens with one attached hydrogen (secondary N) is 1. The van der Waals surface area contributed by atoms with Gasteiger partial charge in [0.1, 0.15) is 5.69 Å². The van der Waals surface area contributed by atoms with E-state index in [9.17, 15) is 9.59 Å². The van der Waals surface area contributed by atoms with Gasteiger partial charge in [-0.1, -0.05) is 36.4 Å². The van der Waals surface area contributed by atoms with Crippen molar-refractivity contribution in [2.24, 2.45) is 5.73 Å². The van der Waals surface area contributed by atoms with Gasteiger partial charge in [0.15, 0.2) is 0 Å². The molecule has 8 heteroatoms. The van der Waals surface area contributed by atoms with Gasteiger partial charge in [-0.25, -0.2) is 4.68 Å². The first-order chi connectivity index (χ1) is 16.6. The lowest BCUT2D eigenvalue weighted by Gasteiger charge is -2.22. The van der Waals surface area contributed by atoms with Gasteiger partial charge < -0.3 is 11.1 Å². The Morgan fingerprint density at radius 3 is 2.71 bits per heavy atom. The third kappa shape index (κ3) is 4.64. The van der Waals surface area contributed by atoms with E-state index in [2.05, 4.69) is 10.2 Å². The molecule has 7 nitrogen and oxygen atoms in total. The quantitative estimate of drug-likeness (QED) is 0.420. The zero-order chi connectivity index (χ0) is 23.5. The van der Waals surface area contributed by atoms with Crippen LogP contribution in [0.3, 0.4) is 0 Å². The van der Waals surface area contributed by atoms with Crippen molar-refractivity contribution in [2.45, 2.75) is 25.4 Å². The van der Waals surface area contributed by atoms with Crippen LogP contribution in [0.4, 0.5) is 5.69 Å². The molecule has 1 aliphatic rings. The number of anilines is 1. The summed E-state index contributed by atoms with van der Waals surface area (Å²) in [5.41, 5.74) is 9.31. The summed E-state index contributed by atoms with van der Waals surface area (Å²) in [6.45, 7) is 1.46. The number of likely N-dealkylation sites (tertiary alicyclic amines) is 1. The summed E-state index contributed by atoms with van der Waals surface area (Å²) in [4.78, 5) is 28.1. The van der Waals surface area contributed by atoms with E-state index in [4.69, 9.17) is 10.8 Å². The van der Waals surface area contributed by atoms with Crippen LogP contribution in [-0.2, 0) is 11.3 Å². The molecule has 1 fully saturated rings. The zero-order valence-electron chi connectivity index (χ0n) is 18.6. The van der Waals surface area contributed by atoms with E-state index >= 15 is 0 Å². The normalized spacial score (nSPS) is 15.9. The summed E-state index contributed by atoms with van der Waals surface area (Å²) >= 11 is 1.55. The minimum absolute atomic E-state index is 0.223. The summed E-state index contributed by atoms with van der Waals surface area (Å²) in [5, 5.41) is 9.71. The predicted molar refractivity (Wildman–Crippen MR) is 134 cm³/mol. The first-order valence-electron chi connectivity index (χ1n) is 11.2. The molecule has 1 atom stereocenters. The molecule has 34 heavy (non-hydrogen) atoms. The van der Waals surface area contributed by atoms with Crippen LogP contribution >= 0.6 is 11.3 Å².